The smallest absolute Gasteiger partial charge is 0.337 e. The number of alkyl halides is 6. The highest BCUT2D eigenvalue weighted by Gasteiger charge is 2.37. The molecule has 4 nitrogen and oxygen atoms in total. The van der Waals surface area contributed by atoms with E-state index >= 15 is 0 Å². The van der Waals surface area contributed by atoms with E-state index in [4.69, 9.17) is 0 Å². The lowest BCUT2D eigenvalue weighted by Crippen LogP contribution is -2.30. The number of carbonyl (C=O) groups is 2. The predicted molar refractivity (Wildman–Crippen MR) is 68.8 cm³/mol. The molecule has 0 aliphatic heterocycles. The van der Waals surface area contributed by atoms with Crippen molar-refractivity contribution in [1.82, 2.24) is 5.32 Å². The largest absolute Gasteiger partial charge is 0.416 e. The number of anilines is 1. The number of amides is 2. The molecule has 0 atom stereocenters. The number of halogens is 6. The van der Waals surface area contributed by atoms with Crippen LogP contribution in [0.1, 0.15) is 24.5 Å². The maximum absolute atomic E-state index is 12.6. The number of carbonyl (C=O) groups excluding carboxylic acids is 2. The maximum Gasteiger partial charge on any atom is 0.416 e. The van der Waals surface area contributed by atoms with E-state index in [0.29, 0.717) is 12.1 Å². The molecule has 10 heteroatoms. The van der Waals surface area contributed by atoms with Crippen molar-refractivity contribution < 1.29 is 35.9 Å². The van der Waals surface area contributed by atoms with Crippen LogP contribution >= 0.6 is 0 Å². The fraction of sp³-hybridized carbons (Fsp3) is 0.385. The van der Waals surface area contributed by atoms with Gasteiger partial charge in [-0.2, -0.15) is 26.3 Å². The fourth-order valence-corrected chi connectivity index (χ4v) is 1.55. The third-order valence-electron chi connectivity index (χ3n) is 2.61. The summed E-state index contributed by atoms with van der Waals surface area (Å²) in [5.41, 5.74) is -3.73. The molecule has 0 aliphatic rings. The molecule has 1 aromatic carbocycles. The van der Waals surface area contributed by atoms with Gasteiger partial charge < -0.3 is 10.6 Å². The number of urea groups is 1. The standard InChI is InChI=1S/C13H12F6N2O2/c1-7(22)2-3-20-11(23)21-10-5-8(12(14,15)16)4-9(6-10)13(17,18)19/h4-6H,2-3H2,1H3,(H2,20,21,23). The van der Waals surface area contributed by atoms with Crippen molar-refractivity contribution in [3.05, 3.63) is 29.3 Å². The van der Waals surface area contributed by atoms with Crippen molar-refractivity contribution >= 4 is 17.5 Å². The summed E-state index contributed by atoms with van der Waals surface area (Å²) in [7, 11) is 0. The van der Waals surface area contributed by atoms with Crippen LogP contribution < -0.4 is 10.6 Å². The van der Waals surface area contributed by atoms with Crippen molar-refractivity contribution in [2.75, 3.05) is 11.9 Å². The molecule has 0 spiro atoms. The highest BCUT2D eigenvalue weighted by molar-refractivity contribution is 5.89. The van der Waals surface area contributed by atoms with Gasteiger partial charge >= 0.3 is 18.4 Å². The lowest BCUT2D eigenvalue weighted by Gasteiger charge is -2.15. The van der Waals surface area contributed by atoms with Gasteiger partial charge in [0.05, 0.1) is 11.1 Å². The van der Waals surface area contributed by atoms with Gasteiger partial charge in [-0.3, -0.25) is 4.79 Å². The van der Waals surface area contributed by atoms with Gasteiger partial charge in [-0.15, -0.1) is 0 Å². The lowest BCUT2D eigenvalue weighted by atomic mass is 10.1. The second kappa shape index (κ2) is 6.88. The maximum atomic E-state index is 12.6. The minimum Gasteiger partial charge on any atom is -0.337 e. The second-order valence-corrected chi connectivity index (χ2v) is 4.63. The van der Waals surface area contributed by atoms with E-state index in [1.807, 2.05) is 5.32 Å². The van der Waals surface area contributed by atoms with E-state index in [1.54, 1.807) is 0 Å². The molecule has 23 heavy (non-hydrogen) atoms. The van der Waals surface area contributed by atoms with Gasteiger partial charge in [0, 0.05) is 18.7 Å². The summed E-state index contributed by atoms with van der Waals surface area (Å²) < 4.78 is 75.8. The summed E-state index contributed by atoms with van der Waals surface area (Å²) in [6, 6.07) is -0.281. The zero-order valence-electron chi connectivity index (χ0n) is 11.7. The summed E-state index contributed by atoms with van der Waals surface area (Å²) in [5.74, 6) is -0.233. The summed E-state index contributed by atoms with van der Waals surface area (Å²) in [4.78, 5) is 22.1. The number of hydrogen-bond acceptors (Lipinski definition) is 2. The van der Waals surface area contributed by atoms with E-state index in [0.717, 1.165) is 0 Å². The van der Waals surface area contributed by atoms with E-state index in [1.165, 1.54) is 6.92 Å². The average molecular weight is 342 g/mol. The molecule has 0 fully saturated rings. The zero-order valence-corrected chi connectivity index (χ0v) is 11.7. The van der Waals surface area contributed by atoms with Crippen molar-refractivity contribution in [2.24, 2.45) is 0 Å². The van der Waals surface area contributed by atoms with Crippen molar-refractivity contribution in [3.63, 3.8) is 0 Å². The molecule has 128 valence electrons. The van der Waals surface area contributed by atoms with Crippen LogP contribution in [-0.2, 0) is 17.1 Å². The first-order valence-corrected chi connectivity index (χ1v) is 6.23. The first-order chi connectivity index (χ1) is 10.4. The van der Waals surface area contributed by atoms with E-state index in [9.17, 15) is 35.9 Å². The van der Waals surface area contributed by atoms with Crippen LogP contribution in [0.5, 0.6) is 0 Å². The van der Waals surface area contributed by atoms with E-state index in [-0.39, 0.29) is 24.8 Å². The van der Waals surface area contributed by atoms with Crippen LogP contribution in [0.4, 0.5) is 36.8 Å². The Labute approximate surface area is 126 Å². The number of hydrogen-bond donors (Lipinski definition) is 2. The molecular formula is C13H12F6N2O2. The second-order valence-electron chi connectivity index (χ2n) is 4.63. The number of benzene rings is 1. The number of nitrogens with one attached hydrogen (secondary N) is 2. The topological polar surface area (TPSA) is 58.2 Å². The predicted octanol–water partition coefficient (Wildman–Crippen LogP) is 3.82. The molecule has 1 aromatic rings. The molecule has 0 unspecified atom stereocenters. The first kappa shape index (κ1) is 18.8. The van der Waals surface area contributed by atoms with Gasteiger partial charge in [-0.25, -0.2) is 4.79 Å². The van der Waals surface area contributed by atoms with Crippen molar-refractivity contribution in [3.8, 4) is 0 Å². The minimum absolute atomic E-state index is 0.0101. The molecule has 0 saturated heterocycles. The van der Waals surface area contributed by atoms with E-state index < -0.39 is 35.2 Å². The Balaban J connectivity index is 2.97. The van der Waals surface area contributed by atoms with Crippen LogP contribution in [-0.4, -0.2) is 18.4 Å². The normalized spacial score (nSPS) is 12.0. The summed E-state index contributed by atoms with van der Waals surface area (Å²) in [6.45, 7) is 1.17. The van der Waals surface area contributed by atoms with Gasteiger partial charge in [-0.1, -0.05) is 0 Å². The van der Waals surface area contributed by atoms with Crippen LogP contribution in [0.3, 0.4) is 0 Å². The molecule has 2 amide bonds. The molecule has 0 heterocycles. The van der Waals surface area contributed by atoms with Gasteiger partial charge in [0.15, 0.2) is 0 Å². The highest BCUT2D eigenvalue weighted by Crippen LogP contribution is 2.37. The molecule has 0 saturated carbocycles. The van der Waals surface area contributed by atoms with Gasteiger partial charge in [0.1, 0.15) is 5.78 Å². The van der Waals surface area contributed by atoms with Crippen LogP contribution in [0.15, 0.2) is 18.2 Å². The molecule has 0 aromatic heterocycles. The SMILES string of the molecule is CC(=O)CCNC(=O)Nc1cc(C(F)(F)F)cc(C(F)(F)F)c1. The van der Waals surface area contributed by atoms with E-state index in [2.05, 4.69) is 5.32 Å². The Morgan fingerprint density at radius 1 is 0.957 bits per heavy atom. The Kier molecular flexibility index (Phi) is 5.62. The third-order valence-corrected chi connectivity index (χ3v) is 2.61. The number of rotatable bonds is 4. The Morgan fingerprint density at radius 3 is 1.83 bits per heavy atom. The molecule has 2 N–H and O–H groups in total. The van der Waals surface area contributed by atoms with Gasteiger partial charge in [0.25, 0.3) is 0 Å². The first-order valence-electron chi connectivity index (χ1n) is 6.23. The highest BCUT2D eigenvalue weighted by atomic mass is 19.4. The minimum atomic E-state index is -5.00. The fourth-order valence-electron chi connectivity index (χ4n) is 1.55. The summed E-state index contributed by atoms with van der Waals surface area (Å²) in [6.07, 6.45) is -10.0. The Morgan fingerprint density at radius 2 is 1.43 bits per heavy atom. The Bertz CT molecular complexity index is 563. The van der Waals surface area contributed by atoms with Gasteiger partial charge in [0.2, 0.25) is 0 Å². The molecule has 0 bridgehead atoms. The molecule has 1 rings (SSSR count). The average Bonchev–Trinajstić information content (AvgIpc) is 2.35. The third kappa shape index (κ3) is 6.17. The monoisotopic (exact) mass is 342 g/mol. The summed E-state index contributed by atoms with van der Waals surface area (Å²) >= 11 is 0. The van der Waals surface area contributed by atoms with Crippen molar-refractivity contribution in [1.29, 1.82) is 0 Å². The summed E-state index contributed by atoms with van der Waals surface area (Å²) in [5, 5.41) is 4.02. The van der Waals surface area contributed by atoms with Crippen LogP contribution in [0, 0.1) is 0 Å². The molecule has 0 aliphatic carbocycles. The number of Topliss-reactive ketones (excluding diaryl/α,β-unsaturated/α-hetero) is 1. The van der Waals surface area contributed by atoms with Crippen LogP contribution in [0.2, 0.25) is 0 Å². The van der Waals surface area contributed by atoms with Crippen molar-refractivity contribution in [2.45, 2.75) is 25.7 Å². The zero-order chi connectivity index (χ0) is 17.8. The van der Waals surface area contributed by atoms with Gasteiger partial charge in [-0.05, 0) is 25.1 Å². The molecular weight excluding hydrogens is 330 g/mol. The Hall–Kier alpha value is -2.26. The molecule has 0 radical (unpaired) electrons. The quantitative estimate of drug-likeness (QED) is 0.817. The number of ketones is 1. The lowest BCUT2D eigenvalue weighted by molar-refractivity contribution is -0.143. The van der Waals surface area contributed by atoms with Crippen LogP contribution in [0.25, 0.3) is 0 Å².